The Labute approximate surface area is 166 Å². The lowest BCUT2D eigenvalue weighted by molar-refractivity contribution is 0.217. The smallest absolute Gasteiger partial charge is 0.322 e. The summed E-state index contributed by atoms with van der Waals surface area (Å²) in [5, 5.41) is 4.28. The lowest BCUT2D eigenvalue weighted by Crippen LogP contribution is -2.37. The van der Waals surface area contributed by atoms with Crippen LogP contribution in [0, 0.1) is 5.82 Å². The van der Waals surface area contributed by atoms with Crippen molar-refractivity contribution in [3.05, 3.63) is 65.1 Å². The zero-order chi connectivity index (χ0) is 19.7. The second-order valence-electron chi connectivity index (χ2n) is 6.57. The minimum atomic E-state index is -0.266. The summed E-state index contributed by atoms with van der Waals surface area (Å²) >= 11 is 6.11. The summed E-state index contributed by atoms with van der Waals surface area (Å²) in [6, 6.07) is 9.73. The Hall–Kier alpha value is -2.99. The molecular formula is C21H19ClFN3O2. The largest absolute Gasteiger partial charge is 0.493 e. The third-order valence-corrected chi connectivity index (χ3v) is 5.20. The van der Waals surface area contributed by atoms with Crippen LogP contribution >= 0.6 is 11.6 Å². The van der Waals surface area contributed by atoms with Gasteiger partial charge in [0, 0.05) is 35.8 Å². The summed E-state index contributed by atoms with van der Waals surface area (Å²) in [6.45, 7) is 1.06. The number of fused-ring (bicyclic) bond motifs is 1. The first-order valence-electron chi connectivity index (χ1n) is 8.91. The van der Waals surface area contributed by atoms with E-state index < -0.39 is 0 Å². The van der Waals surface area contributed by atoms with Crippen LogP contribution in [0.4, 0.5) is 14.9 Å². The molecule has 5 nitrogen and oxygen atoms in total. The quantitative estimate of drug-likeness (QED) is 0.628. The number of amides is 2. The third-order valence-electron chi connectivity index (χ3n) is 4.90. The maximum atomic E-state index is 13.4. The summed E-state index contributed by atoms with van der Waals surface area (Å²) in [6.07, 6.45) is 4.64. The van der Waals surface area contributed by atoms with Gasteiger partial charge in [0.2, 0.25) is 0 Å². The minimum absolute atomic E-state index is 0.211. The third kappa shape index (κ3) is 3.43. The molecule has 2 amide bonds. The maximum Gasteiger partial charge on any atom is 0.322 e. The van der Waals surface area contributed by atoms with Crippen LogP contribution in [-0.2, 0) is 0 Å². The second-order valence-corrected chi connectivity index (χ2v) is 6.98. The number of aromatic nitrogens is 1. The lowest BCUT2D eigenvalue weighted by Gasteiger charge is -2.27. The lowest BCUT2D eigenvalue weighted by atomic mass is 9.99. The van der Waals surface area contributed by atoms with Gasteiger partial charge in [0.25, 0.3) is 0 Å². The van der Waals surface area contributed by atoms with Crippen molar-refractivity contribution < 1.29 is 13.9 Å². The van der Waals surface area contributed by atoms with Gasteiger partial charge in [-0.05, 0) is 42.3 Å². The number of para-hydroxylation sites is 1. The van der Waals surface area contributed by atoms with E-state index in [1.807, 2.05) is 12.3 Å². The Kier molecular flexibility index (Phi) is 4.96. The number of carbonyl (C=O) groups excluding carboxylic acids is 1. The number of urea groups is 1. The van der Waals surface area contributed by atoms with Gasteiger partial charge in [0.1, 0.15) is 5.82 Å². The molecule has 2 heterocycles. The van der Waals surface area contributed by atoms with Crippen LogP contribution in [0.15, 0.2) is 48.7 Å². The Morgan fingerprint density at radius 1 is 1.32 bits per heavy atom. The molecule has 0 saturated carbocycles. The second kappa shape index (κ2) is 7.56. The van der Waals surface area contributed by atoms with E-state index in [-0.39, 0.29) is 11.8 Å². The Bertz CT molecular complexity index is 1080. The van der Waals surface area contributed by atoms with Crippen LogP contribution in [-0.4, -0.2) is 36.1 Å². The number of hydrogen-bond acceptors (Lipinski definition) is 2. The van der Waals surface area contributed by atoms with Crippen LogP contribution in [0.3, 0.4) is 0 Å². The Balaban J connectivity index is 1.49. The molecule has 0 atom stereocenters. The van der Waals surface area contributed by atoms with Gasteiger partial charge in [-0.25, -0.2) is 9.18 Å². The van der Waals surface area contributed by atoms with Gasteiger partial charge in [0.05, 0.1) is 17.8 Å². The van der Waals surface area contributed by atoms with E-state index in [0.717, 1.165) is 22.0 Å². The van der Waals surface area contributed by atoms with Gasteiger partial charge in [0.15, 0.2) is 5.75 Å². The number of nitrogens with one attached hydrogen (secondary N) is 2. The molecule has 0 fully saturated rings. The van der Waals surface area contributed by atoms with Gasteiger partial charge in [-0.15, -0.1) is 0 Å². The molecule has 0 radical (unpaired) electrons. The van der Waals surface area contributed by atoms with E-state index in [1.165, 1.54) is 19.2 Å². The highest BCUT2D eigenvalue weighted by atomic mass is 35.5. The van der Waals surface area contributed by atoms with Gasteiger partial charge in [-0.1, -0.05) is 23.7 Å². The number of rotatable bonds is 3. The number of hydrogen-bond donors (Lipinski definition) is 2. The molecule has 2 N–H and O–H groups in total. The highest BCUT2D eigenvalue weighted by Gasteiger charge is 2.21. The molecule has 1 aromatic heterocycles. The molecule has 4 rings (SSSR count). The standard InChI is InChI=1S/C21H19ClFN3O2/c1-28-20-17(22)3-2-4-18(20)25-21(27)26-9-7-13(8-10-26)16-12-24-19-11-14(23)5-6-15(16)19/h2-7,11-12,24H,8-10H2,1H3,(H,25,27). The topological polar surface area (TPSA) is 57.4 Å². The average molecular weight is 400 g/mol. The van der Waals surface area contributed by atoms with Crippen LogP contribution in [0.2, 0.25) is 5.02 Å². The number of methoxy groups -OCH3 is 1. The normalized spacial score (nSPS) is 14.1. The zero-order valence-electron chi connectivity index (χ0n) is 15.3. The van der Waals surface area contributed by atoms with E-state index in [0.29, 0.717) is 36.0 Å². The summed E-state index contributed by atoms with van der Waals surface area (Å²) in [5.74, 6) is 0.176. The molecule has 2 aromatic carbocycles. The molecule has 0 spiro atoms. The van der Waals surface area contributed by atoms with Crippen LogP contribution in [0.1, 0.15) is 12.0 Å². The molecule has 1 aliphatic heterocycles. The van der Waals surface area contributed by atoms with E-state index in [4.69, 9.17) is 16.3 Å². The molecular weight excluding hydrogens is 381 g/mol. The van der Waals surface area contributed by atoms with Crippen molar-refractivity contribution >= 4 is 39.8 Å². The molecule has 3 aromatic rings. The predicted octanol–water partition coefficient (Wildman–Crippen LogP) is 5.29. The van der Waals surface area contributed by atoms with Gasteiger partial charge >= 0.3 is 6.03 Å². The zero-order valence-corrected chi connectivity index (χ0v) is 16.0. The van der Waals surface area contributed by atoms with E-state index in [1.54, 1.807) is 29.2 Å². The fourth-order valence-electron chi connectivity index (χ4n) is 3.47. The number of nitrogens with zero attached hydrogens (tertiary/aromatic N) is 1. The van der Waals surface area contributed by atoms with Crippen molar-refractivity contribution in [1.29, 1.82) is 0 Å². The SMILES string of the molecule is COc1c(Cl)cccc1NC(=O)N1CC=C(c2c[nH]c3cc(F)ccc23)CC1. The highest BCUT2D eigenvalue weighted by Crippen LogP contribution is 2.33. The first-order valence-corrected chi connectivity index (χ1v) is 9.29. The van der Waals surface area contributed by atoms with Crippen molar-refractivity contribution in [2.24, 2.45) is 0 Å². The molecule has 0 unspecified atom stereocenters. The maximum absolute atomic E-state index is 13.4. The van der Waals surface area contributed by atoms with Gasteiger partial charge in [-0.3, -0.25) is 0 Å². The summed E-state index contributed by atoms with van der Waals surface area (Å²) < 4.78 is 18.7. The summed E-state index contributed by atoms with van der Waals surface area (Å²) in [4.78, 5) is 17.5. The number of carbonyl (C=O) groups is 1. The minimum Gasteiger partial charge on any atom is -0.493 e. The number of halogens is 2. The molecule has 144 valence electrons. The predicted molar refractivity (Wildman–Crippen MR) is 109 cm³/mol. The number of benzene rings is 2. The van der Waals surface area contributed by atoms with Crippen molar-refractivity contribution in [2.45, 2.75) is 6.42 Å². The van der Waals surface area contributed by atoms with Crippen molar-refractivity contribution in [3.8, 4) is 5.75 Å². The van der Waals surface area contributed by atoms with E-state index in [2.05, 4.69) is 10.3 Å². The van der Waals surface area contributed by atoms with Gasteiger partial charge < -0.3 is 19.9 Å². The number of H-pyrrole nitrogens is 1. The fraction of sp³-hybridized carbons (Fsp3) is 0.190. The van der Waals surface area contributed by atoms with Crippen molar-refractivity contribution in [1.82, 2.24) is 9.88 Å². The Morgan fingerprint density at radius 2 is 2.18 bits per heavy atom. The van der Waals surface area contributed by atoms with E-state index >= 15 is 0 Å². The average Bonchev–Trinajstić information content (AvgIpc) is 3.11. The molecule has 28 heavy (non-hydrogen) atoms. The van der Waals surface area contributed by atoms with E-state index in [9.17, 15) is 9.18 Å². The Morgan fingerprint density at radius 3 is 2.93 bits per heavy atom. The molecule has 0 aliphatic carbocycles. The molecule has 1 aliphatic rings. The number of ether oxygens (including phenoxy) is 1. The first-order chi connectivity index (χ1) is 13.6. The molecule has 0 saturated heterocycles. The molecule has 7 heteroatoms. The van der Waals surface area contributed by atoms with Crippen LogP contribution in [0.5, 0.6) is 5.75 Å². The van der Waals surface area contributed by atoms with Crippen molar-refractivity contribution in [2.75, 3.05) is 25.5 Å². The monoisotopic (exact) mass is 399 g/mol. The first kappa shape index (κ1) is 18.4. The highest BCUT2D eigenvalue weighted by molar-refractivity contribution is 6.32. The van der Waals surface area contributed by atoms with Crippen molar-refractivity contribution in [3.63, 3.8) is 0 Å². The summed E-state index contributed by atoms with van der Waals surface area (Å²) in [5.41, 5.74) is 3.49. The fourth-order valence-corrected chi connectivity index (χ4v) is 3.72. The number of aromatic amines is 1. The van der Waals surface area contributed by atoms with Crippen LogP contribution < -0.4 is 10.1 Å². The number of anilines is 1. The van der Waals surface area contributed by atoms with Gasteiger partial charge in [-0.2, -0.15) is 0 Å². The summed E-state index contributed by atoms with van der Waals surface area (Å²) in [7, 11) is 1.51. The molecule has 0 bridgehead atoms. The van der Waals surface area contributed by atoms with Crippen LogP contribution in [0.25, 0.3) is 16.5 Å².